The molecule has 3 rings (SSSR count). The number of sulfonamides is 1. The van der Waals surface area contributed by atoms with E-state index in [0.29, 0.717) is 41.5 Å². The van der Waals surface area contributed by atoms with E-state index in [4.69, 9.17) is 11.6 Å². The minimum atomic E-state index is -3.39. The van der Waals surface area contributed by atoms with Crippen molar-refractivity contribution < 1.29 is 13.2 Å². The molecule has 7 heteroatoms. The van der Waals surface area contributed by atoms with Gasteiger partial charge in [-0.3, -0.25) is 4.79 Å². The fraction of sp³-hybridized carbons (Fsp3) is 0.350. The van der Waals surface area contributed by atoms with Crippen molar-refractivity contribution in [2.75, 3.05) is 18.4 Å². The van der Waals surface area contributed by atoms with Crippen LogP contribution in [-0.4, -0.2) is 31.7 Å². The number of rotatable bonds is 6. The standard InChI is InChI=1S/C20H23ClN2O3S/c1-15-4-8-17(21)14-19(15)22-20(24)11-7-16-5-9-18(10-6-16)27(25,26)23-12-2-3-13-23/h4-6,8-10,14H,2-3,7,11-13H2,1H3,(H,22,24). The Morgan fingerprint density at radius 3 is 2.44 bits per heavy atom. The van der Waals surface area contributed by atoms with Crippen molar-refractivity contribution in [2.45, 2.75) is 37.5 Å². The highest BCUT2D eigenvalue weighted by Crippen LogP contribution is 2.22. The maximum absolute atomic E-state index is 12.5. The number of carbonyl (C=O) groups excluding carboxylic acids is 1. The second-order valence-corrected chi connectivity index (χ2v) is 9.14. The Labute approximate surface area is 165 Å². The monoisotopic (exact) mass is 406 g/mol. The lowest BCUT2D eigenvalue weighted by Gasteiger charge is -2.15. The van der Waals surface area contributed by atoms with Crippen molar-refractivity contribution in [1.29, 1.82) is 0 Å². The highest BCUT2D eigenvalue weighted by molar-refractivity contribution is 7.89. The third-order valence-corrected chi connectivity index (χ3v) is 6.89. The number of nitrogens with zero attached hydrogens (tertiary/aromatic N) is 1. The van der Waals surface area contributed by atoms with Gasteiger partial charge >= 0.3 is 0 Å². The third-order valence-electron chi connectivity index (χ3n) is 4.74. The molecule has 1 aliphatic rings. The molecule has 1 N–H and O–H groups in total. The van der Waals surface area contributed by atoms with Crippen LogP contribution in [0, 0.1) is 6.92 Å². The molecule has 27 heavy (non-hydrogen) atoms. The first-order chi connectivity index (χ1) is 12.9. The van der Waals surface area contributed by atoms with Gasteiger partial charge in [-0.1, -0.05) is 29.8 Å². The lowest BCUT2D eigenvalue weighted by molar-refractivity contribution is -0.116. The molecule has 2 aromatic carbocycles. The first kappa shape index (κ1) is 19.9. The zero-order chi connectivity index (χ0) is 19.4. The summed E-state index contributed by atoms with van der Waals surface area (Å²) >= 11 is 5.97. The van der Waals surface area contributed by atoms with E-state index in [1.165, 1.54) is 4.31 Å². The smallest absolute Gasteiger partial charge is 0.243 e. The van der Waals surface area contributed by atoms with Gasteiger partial charge in [0.15, 0.2) is 0 Å². The zero-order valence-corrected chi connectivity index (χ0v) is 16.8. The fourth-order valence-corrected chi connectivity index (χ4v) is 4.79. The van der Waals surface area contributed by atoms with Gasteiger partial charge < -0.3 is 5.32 Å². The number of nitrogens with one attached hydrogen (secondary N) is 1. The van der Waals surface area contributed by atoms with E-state index in [9.17, 15) is 13.2 Å². The van der Waals surface area contributed by atoms with Gasteiger partial charge in [0.25, 0.3) is 0 Å². The van der Waals surface area contributed by atoms with Gasteiger partial charge in [-0.2, -0.15) is 4.31 Å². The summed E-state index contributed by atoms with van der Waals surface area (Å²) in [5.74, 6) is -0.103. The van der Waals surface area contributed by atoms with Crippen molar-refractivity contribution in [2.24, 2.45) is 0 Å². The van der Waals surface area contributed by atoms with Gasteiger partial charge in [0.05, 0.1) is 4.90 Å². The summed E-state index contributed by atoms with van der Waals surface area (Å²) in [6.07, 6.45) is 2.68. The largest absolute Gasteiger partial charge is 0.326 e. The molecule has 1 amide bonds. The molecule has 5 nitrogen and oxygen atoms in total. The van der Waals surface area contributed by atoms with Crippen LogP contribution in [0.2, 0.25) is 5.02 Å². The van der Waals surface area contributed by atoms with Crippen LogP contribution in [-0.2, 0) is 21.2 Å². The minimum absolute atomic E-state index is 0.103. The van der Waals surface area contributed by atoms with Gasteiger partial charge in [-0.25, -0.2) is 8.42 Å². The van der Waals surface area contributed by atoms with Crippen LogP contribution in [0.1, 0.15) is 30.4 Å². The average Bonchev–Trinajstić information content (AvgIpc) is 3.19. The molecule has 1 aliphatic heterocycles. The average molecular weight is 407 g/mol. The molecule has 1 fully saturated rings. The summed E-state index contributed by atoms with van der Waals surface area (Å²) in [4.78, 5) is 12.5. The Kier molecular flexibility index (Phi) is 6.19. The number of carbonyl (C=O) groups is 1. The Morgan fingerprint density at radius 2 is 1.78 bits per heavy atom. The summed E-state index contributed by atoms with van der Waals surface area (Å²) < 4.78 is 26.6. The minimum Gasteiger partial charge on any atom is -0.326 e. The van der Waals surface area contributed by atoms with E-state index in [0.717, 1.165) is 24.0 Å². The highest BCUT2D eigenvalue weighted by Gasteiger charge is 2.26. The number of halogens is 1. The van der Waals surface area contributed by atoms with Crippen LogP contribution >= 0.6 is 11.6 Å². The van der Waals surface area contributed by atoms with Crippen LogP contribution < -0.4 is 5.32 Å². The molecule has 0 aliphatic carbocycles. The van der Waals surface area contributed by atoms with Crippen molar-refractivity contribution in [3.63, 3.8) is 0 Å². The van der Waals surface area contributed by atoms with E-state index in [1.54, 1.807) is 36.4 Å². The van der Waals surface area contributed by atoms with E-state index >= 15 is 0 Å². The summed E-state index contributed by atoms with van der Waals surface area (Å²) in [6.45, 7) is 3.09. The second-order valence-electron chi connectivity index (χ2n) is 6.76. The molecular formula is C20H23ClN2O3S. The number of amides is 1. The quantitative estimate of drug-likeness (QED) is 0.788. The maximum atomic E-state index is 12.5. The van der Waals surface area contributed by atoms with E-state index in [1.807, 2.05) is 13.0 Å². The van der Waals surface area contributed by atoms with E-state index in [-0.39, 0.29) is 5.91 Å². The Balaban J connectivity index is 1.58. The molecule has 0 spiro atoms. The first-order valence-corrected chi connectivity index (χ1v) is 10.8. The summed E-state index contributed by atoms with van der Waals surface area (Å²) in [7, 11) is -3.39. The Hall–Kier alpha value is -1.89. The van der Waals surface area contributed by atoms with Crippen LogP contribution in [0.3, 0.4) is 0 Å². The van der Waals surface area contributed by atoms with E-state index in [2.05, 4.69) is 5.32 Å². The van der Waals surface area contributed by atoms with Crippen LogP contribution in [0.4, 0.5) is 5.69 Å². The number of anilines is 1. The predicted octanol–water partition coefficient (Wildman–Crippen LogP) is 4.00. The molecule has 1 saturated heterocycles. The molecule has 144 valence electrons. The van der Waals surface area contributed by atoms with Gasteiger partial charge in [-0.15, -0.1) is 0 Å². The number of benzene rings is 2. The summed E-state index contributed by atoms with van der Waals surface area (Å²) in [5, 5.41) is 3.44. The molecule has 2 aromatic rings. The molecule has 0 atom stereocenters. The van der Waals surface area contributed by atoms with Crippen LogP contribution in [0.5, 0.6) is 0 Å². The molecule has 0 aromatic heterocycles. The first-order valence-electron chi connectivity index (χ1n) is 9.01. The van der Waals surface area contributed by atoms with Gasteiger partial charge in [0.1, 0.15) is 0 Å². The number of aryl methyl sites for hydroxylation is 2. The van der Waals surface area contributed by atoms with Crippen molar-refractivity contribution in [1.82, 2.24) is 4.31 Å². The van der Waals surface area contributed by atoms with Gasteiger partial charge in [0.2, 0.25) is 15.9 Å². The zero-order valence-electron chi connectivity index (χ0n) is 15.2. The SMILES string of the molecule is Cc1ccc(Cl)cc1NC(=O)CCc1ccc(S(=O)(=O)N2CCCC2)cc1. The Morgan fingerprint density at radius 1 is 1.11 bits per heavy atom. The molecular weight excluding hydrogens is 384 g/mol. The van der Waals surface area contributed by atoms with Gasteiger partial charge in [0, 0.05) is 30.2 Å². The number of hydrogen-bond donors (Lipinski definition) is 1. The van der Waals surface area contributed by atoms with Crippen molar-refractivity contribution in [3.8, 4) is 0 Å². The van der Waals surface area contributed by atoms with E-state index < -0.39 is 10.0 Å². The molecule has 0 bridgehead atoms. The summed E-state index contributed by atoms with van der Waals surface area (Å²) in [5.41, 5.74) is 2.58. The molecule has 0 saturated carbocycles. The second kappa shape index (κ2) is 8.42. The van der Waals surface area contributed by atoms with Crippen LogP contribution in [0.25, 0.3) is 0 Å². The lowest BCUT2D eigenvalue weighted by Crippen LogP contribution is -2.27. The van der Waals surface area contributed by atoms with Gasteiger partial charge in [-0.05, 0) is 61.6 Å². The fourth-order valence-electron chi connectivity index (χ4n) is 3.11. The summed E-state index contributed by atoms with van der Waals surface area (Å²) in [6, 6.07) is 12.2. The third kappa shape index (κ3) is 4.89. The highest BCUT2D eigenvalue weighted by atomic mass is 35.5. The lowest BCUT2D eigenvalue weighted by atomic mass is 10.1. The molecule has 0 radical (unpaired) electrons. The maximum Gasteiger partial charge on any atom is 0.243 e. The van der Waals surface area contributed by atoms with Crippen LogP contribution in [0.15, 0.2) is 47.4 Å². The normalized spacial score (nSPS) is 15.0. The Bertz CT molecular complexity index is 921. The number of hydrogen-bond acceptors (Lipinski definition) is 3. The van der Waals surface area contributed by atoms with Crippen molar-refractivity contribution in [3.05, 3.63) is 58.6 Å². The topological polar surface area (TPSA) is 66.5 Å². The predicted molar refractivity (Wildman–Crippen MR) is 108 cm³/mol. The van der Waals surface area contributed by atoms with Crippen molar-refractivity contribution >= 4 is 33.2 Å². The molecule has 0 unspecified atom stereocenters. The molecule has 1 heterocycles.